The zero-order valence-electron chi connectivity index (χ0n) is 12.0. The monoisotopic (exact) mass is 268 g/mol. The number of benzene rings is 2. The van der Waals surface area contributed by atoms with Crippen LogP contribution in [-0.4, -0.2) is 12.1 Å². The molecule has 0 bridgehead atoms. The van der Waals surface area contributed by atoms with Gasteiger partial charge >= 0.3 is 5.97 Å². The first-order valence-corrected chi connectivity index (χ1v) is 6.94. The zero-order valence-corrected chi connectivity index (χ0v) is 12.0. The van der Waals surface area contributed by atoms with Crippen LogP contribution in [0.3, 0.4) is 0 Å². The molecule has 0 aliphatic rings. The van der Waals surface area contributed by atoms with Crippen LogP contribution in [0.2, 0.25) is 0 Å². The lowest BCUT2D eigenvalue weighted by molar-refractivity contribution is -0.146. The minimum Gasteiger partial charge on any atom is -0.463 e. The number of hydrogen-bond acceptors (Lipinski definition) is 2. The van der Waals surface area contributed by atoms with Gasteiger partial charge in [0.1, 0.15) is 0 Å². The van der Waals surface area contributed by atoms with Crippen LogP contribution in [-0.2, 0) is 22.4 Å². The molecule has 0 heterocycles. The van der Waals surface area contributed by atoms with E-state index in [1.54, 1.807) is 0 Å². The van der Waals surface area contributed by atoms with Gasteiger partial charge in [-0.05, 0) is 37.0 Å². The number of rotatable bonds is 5. The molecule has 0 spiro atoms. The van der Waals surface area contributed by atoms with E-state index in [2.05, 4.69) is 24.3 Å². The molecule has 2 heteroatoms. The van der Waals surface area contributed by atoms with Crippen molar-refractivity contribution in [2.75, 3.05) is 0 Å². The van der Waals surface area contributed by atoms with Crippen LogP contribution < -0.4 is 0 Å². The van der Waals surface area contributed by atoms with Crippen molar-refractivity contribution in [2.24, 2.45) is 0 Å². The highest BCUT2D eigenvalue weighted by atomic mass is 16.5. The Morgan fingerprint density at radius 3 is 2.05 bits per heavy atom. The van der Waals surface area contributed by atoms with Gasteiger partial charge in [0.05, 0.1) is 12.5 Å². The standard InChI is InChI=1S/C18H20O2/c1-14(2)20-18(19)13-17-10-8-16(9-11-17)12-15-6-4-3-5-7-15/h3-11,14H,12-13H2,1-2H3. The Hall–Kier alpha value is -2.09. The Kier molecular flexibility index (Phi) is 4.94. The number of carbonyl (C=O) groups excluding carboxylic acids is 1. The minimum absolute atomic E-state index is 0.0557. The molecular formula is C18H20O2. The molecule has 0 atom stereocenters. The Labute approximate surface area is 120 Å². The van der Waals surface area contributed by atoms with Gasteiger partial charge in [-0.15, -0.1) is 0 Å². The van der Waals surface area contributed by atoms with Crippen LogP contribution in [0.4, 0.5) is 0 Å². The second-order valence-electron chi connectivity index (χ2n) is 5.19. The van der Waals surface area contributed by atoms with E-state index in [0.29, 0.717) is 6.42 Å². The summed E-state index contributed by atoms with van der Waals surface area (Å²) < 4.78 is 5.14. The normalized spacial score (nSPS) is 10.6. The molecular weight excluding hydrogens is 248 g/mol. The first-order chi connectivity index (χ1) is 9.63. The van der Waals surface area contributed by atoms with Gasteiger partial charge in [0.2, 0.25) is 0 Å². The maximum atomic E-state index is 11.6. The second-order valence-corrected chi connectivity index (χ2v) is 5.19. The van der Waals surface area contributed by atoms with Crippen LogP contribution in [0, 0.1) is 0 Å². The minimum atomic E-state index is -0.171. The SMILES string of the molecule is CC(C)OC(=O)Cc1ccc(Cc2ccccc2)cc1. The van der Waals surface area contributed by atoms with Crippen LogP contribution in [0.1, 0.15) is 30.5 Å². The van der Waals surface area contributed by atoms with Crippen molar-refractivity contribution in [2.45, 2.75) is 32.8 Å². The fourth-order valence-electron chi connectivity index (χ4n) is 2.08. The molecule has 0 unspecified atom stereocenters. The Bertz CT molecular complexity index is 541. The van der Waals surface area contributed by atoms with Gasteiger partial charge in [0.25, 0.3) is 0 Å². The average Bonchev–Trinajstić information content (AvgIpc) is 2.41. The van der Waals surface area contributed by atoms with E-state index in [1.807, 2.05) is 44.2 Å². The molecule has 2 rings (SSSR count). The summed E-state index contributed by atoms with van der Waals surface area (Å²) >= 11 is 0. The molecule has 0 aromatic heterocycles. The molecule has 2 nitrogen and oxygen atoms in total. The molecule has 0 fully saturated rings. The second kappa shape index (κ2) is 6.90. The lowest BCUT2D eigenvalue weighted by Crippen LogP contribution is -2.13. The highest BCUT2D eigenvalue weighted by Gasteiger charge is 2.06. The smallest absolute Gasteiger partial charge is 0.310 e. The van der Waals surface area contributed by atoms with Gasteiger partial charge in [-0.3, -0.25) is 4.79 Å². The summed E-state index contributed by atoms with van der Waals surface area (Å²) in [6.45, 7) is 3.72. The third kappa shape index (κ3) is 4.54. The Morgan fingerprint density at radius 2 is 1.45 bits per heavy atom. The van der Waals surface area contributed by atoms with Crippen molar-refractivity contribution >= 4 is 5.97 Å². The number of esters is 1. The molecule has 2 aromatic carbocycles. The topological polar surface area (TPSA) is 26.3 Å². The van der Waals surface area contributed by atoms with Crippen molar-refractivity contribution in [1.82, 2.24) is 0 Å². The highest BCUT2D eigenvalue weighted by molar-refractivity contribution is 5.72. The van der Waals surface area contributed by atoms with Gasteiger partial charge in [0, 0.05) is 0 Å². The molecule has 0 N–H and O–H groups in total. The fraction of sp³-hybridized carbons (Fsp3) is 0.278. The van der Waals surface area contributed by atoms with Crippen molar-refractivity contribution in [3.8, 4) is 0 Å². The van der Waals surface area contributed by atoms with Gasteiger partial charge in [0.15, 0.2) is 0 Å². The summed E-state index contributed by atoms with van der Waals surface area (Å²) in [5.41, 5.74) is 3.53. The van der Waals surface area contributed by atoms with E-state index in [4.69, 9.17) is 4.74 Å². The first kappa shape index (κ1) is 14.3. The van der Waals surface area contributed by atoms with Gasteiger partial charge in [-0.2, -0.15) is 0 Å². The van der Waals surface area contributed by atoms with E-state index in [-0.39, 0.29) is 12.1 Å². The summed E-state index contributed by atoms with van der Waals surface area (Å²) in [5.74, 6) is -0.171. The number of carbonyl (C=O) groups is 1. The molecule has 0 saturated carbocycles. The van der Waals surface area contributed by atoms with Crippen molar-refractivity contribution in [1.29, 1.82) is 0 Å². The maximum Gasteiger partial charge on any atom is 0.310 e. The van der Waals surface area contributed by atoms with Gasteiger partial charge < -0.3 is 4.74 Å². The Morgan fingerprint density at radius 1 is 0.900 bits per heavy atom. The molecule has 2 aromatic rings. The van der Waals surface area contributed by atoms with Gasteiger partial charge in [-0.25, -0.2) is 0 Å². The fourth-order valence-corrected chi connectivity index (χ4v) is 2.08. The lowest BCUT2D eigenvalue weighted by Gasteiger charge is -2.08. The average molecular weight is 268 g/mol. The van der Waals surface area contributed by atoms with Crippen LogP contribution in [0.25, 0.3) is 0 Å². The first-order valence-electron chi connectivity index (χ1n) is 6.94. The van der Waals surface area contributed by atoms with E-state index in [0.717, 1.165) is 12.0 Å². The van der Waals surface area contributed by atoms with Crippen molar-refractivity contribution in [3.63, 3.8) is 0 Å². The quantitative estimate of drug-likeness (QED) is 0.772. The lowest BCUT2D eigenvalue weighted by atomic mass is 10.0. The summed E-state index contributed by atoms with van der Waals surface area (Å²) in [6.07, 6.45) is 1.20. The highest BCUT2D eigenvalue weighted by Crippen LogP contribution is 2.11. The van der Waals surface area contributed by atoms with E-state index >= 15 is 0 Å². The predicted molar refractivity (Wildman–Crippen MR) is 80.6 cm³/mol. The van der Waals surface area contributed by atoms with Gasteiger partial charge in [-0.1, -0.05) is 54.6 Å². The summed E-state index contributed by atoms with van der Waals surface area (Å²) in [4.78, 5) is 11.6. The molecule has 104 valence electrons. The molecule has 0 radical (unpaired) electrons. The maximum absolute atomic E-state index is 11.6. The predicted octanol–water partition coefficient (Wildman–Crippen LogP) is 3.77. The summed E-state index contributed by atoms with van der Waals surface area (Å²) in [7, 11) is 0. The molecule has 0 aliphatic carbocycles. The molecule has 20 heavy (non-hydrogen) atoms. The van der Waals surface area contributed by atoms with Crippen molar-refractivity contribution in [3.05, 3.63) is 71.3 Å². The number of hydrogen-bond donors (Lipinski definition) is 0. The van der Waals surface area contributed by atoms with E-state index in [9.17, 15) is 4.79 Å². The third-order valence-corrected chi connectivity index (χ3v) is 2.99. The zero-order chi connectivity index (χ0) is 14.4. The van der Waals surface area contributed by atoms with Crippen LogP contribution in [0.15, 0.2) is 54.6 Å². The van der Waals surface area contributed by atoms with Crippen LogP contribution >= 0.6 is 0 Å². The molecule has 0 saturated heterocycles. The largest absolute Gasteiger partial charge is 0.463 e. The Balaban J connectivity index is 1.94. The summed E-state index contributed by atoms with van der Waals surface area (Å²) in [6, 6.07) is 18.5. The van der Waals surface area contributed by atoms with Crippen LogP contribution in [0.5, 0.6) is 0 Å². The summed E-state index contributed by atoms with van der Waals surface area (Å²) in [5, 5.41) is 0. The molecule has 0 aliphatic heterocycles. The number of ether oxygens (including phenoxy) is 1. The van der Waals surface area contributed by atoms with E-state index < -0.39 is 0 Å². The van der Waals surface area contributed by atoms with E-state index in [1.165, 1.54) is 11.1 Å². The third-order valence-electron chi connectivity index (χ3n) is 2.99. The van der Waals surface area contributed by atoms with Crippen molar-refractivity contribution < 1.29 is 9.53 Å². The molecule has 0 amide bonds.